The molecule has 2 aliphatic heterocycles. The van der Waals surface area contributed by atoms with Gasteiger partial charge >= 0.3 is 0 Å². The van der Waals surface area contributed by atoms with Crippen LogP contribution in [0.3, 0.4) is 0 Å². The molecule has 2 aromatic rings. The number of sulfone groups is 1. The molecule has 1 aromatic heterocycles. The number of amides is 2. The fraction of sp³-hybridized carbons (Fsp3) is 0.368. The second kappa shape index (κ2) is 8.23. The summed E-state index contributed by atoms with van der Waals surface area (Å²) in [6, 6.07) is 5.75. The van der Waals surface area contributed by atoms with Gasteiger partial charge in [-0.1, -0.05) is 12.1 Å². The molecular formula is C19H19FN4O4S2. The highest BCUT2D eigenvalue weighted by Crippen LogP contribution is 2.24. The van der Waals surface area contributed by atoms with Crippen LogP contribution in [0.4, 0.5) is 9.52 Å². The highest BCUT2D eigenvalue weighted by atomic mass is 32.2. The number of hydrogen-bond donors (Lipinski definition) is 1. The second-order valence-electron chi connectivity index (χ2n) is 7.23. The zero-order valence-corrected chi connectivity index (χ0v) is 17.5. The molecule has 158 valence electrons. The predicted molar refractivity (Wildman–Crippen MR) is 111 cm³/mol. The normalized spacial score (nSPS) is 20.8. The van der Waals surface area contributed by atoms with E-state index < -0.39 is 21.8 Å². The monoisotopic (exact) mass is 450 g/mol. The maximum absolute atomic E-state index is 13.3. The Morgan fingerprint density at radius 2 is 2.17 bits per heavy atom. The average molecular weight is 451 g/mol. The van der Waals surface area contributed by atoms with Gasteiger partial charge in [-0.15, -0.1) is 11.3 Å². The summed E-state index contributed by atoms with van der Waals surface area (Å²) in [7, 11) is -3.18. The molecule has 1 N–H and O–H groups in total. The highest BCUT2D eigenvalue weighted by molar-refractivity contribution is 7.91. The molecule has 0 bridgehead atoms. The Morgan fingerprint density at radius 3 is 2.90 bits per heavy atom. The van der Waals surface area contributed by atoms with Crippen molar-refractivity contribution in [3.8, 4) is 0 Å². The lowest BCUT2D eigenvalue weighted by Gasteiger charge is -2.27. The third kappa shape index (κ3) is 4.73. The van der Waals surface area contributed by atoms with Gasteiger partial charge in [0.15, 0.2) is 15.0 Å². The Balaban J connectivity index is 1.43. The minimum atomic E-state index is -3.18. The predicted octanol–water partition coefficient (Wildman–Crippen LogP) is 1.98. The summed E-state index contributed by atoms with van der Waals surface area (Å²) in [4.78, 5) is 29.8. The molecule has 0 saturated carbocycles. The summed E-state index contributed by atoms with van der Waals surface area (Å²) < 4.78 is 36.7. The lowest BCUT2D eigenvalue weighted by atomic mass is 10.1. The van der Waals surface area contributed by atoms with Crippen molar-refractivity contribution >= 4 is 43.8 Å². The first-order valence-corrected chi connectivity index (χ1v) is 12.0. The Morgan fingerprint density at radius 1 is 1.33 bits per heavy atom. The van der Waals surface area contributed by atoms with Crippen molar-refractivity contribution in [2.24, 2.45) is 5.10 Å². The summed E-state index contributed by atoms with van der Waals surface area (Å²) in [6.07, 6.45) is 2.72. The van der Waals surface area contributed by atoms with Crippen LogP contribution < -0.4 is 5.32 Å². The van der Waals surface area contributed by atoms with Gasteiger partial charge in [0.05, 0.1) is 17.5 Å². The van der Waals surface area contributed by atoms with E-state index in [0.717, 1.165) is 15.4 Å². The Labute approximate surface area is 176 Å². The van der Waals surface area contributed by atoms with Crippen molar-refractivity contribution in [1.82, 2.24) is 9.99 Å². The van der Waals surface area contributed by atoms with E-state index in [1.807, 2.05) is 6.07 Å². The number of rotatable bonds is 5. The van der Waals surface area contributed by atoms with Crippen LogP contribution in [0.2, 0.25) is 0 Å². The van der Waals surface area contributed by atoms with E-state index in [0.29, 0.717) is 18.0 Å². The molecule has 1 unspecified atom stereocenters. The van der Waals surface area contributed by atoms with E-state index in [4.69, 9.17) is 0 Å². The number of hydrogen-bond acceptors (Lipinski definition) is 7. The van der Waals surface area contributed by atoms with Crippen molar-refractivity contribution in [2.45, 2.75) is 31.7 Å². The molecule has 0 radical (unpaired) electrons. The average Bonchev–Trinajstić information content (AvgIpc) is 3.27. The van der Waals surface area contributed by atoms with Gasteiger partial charge in [-0.25, -0.2) is 22.8 Å². The molecule has 0 aliphatic carbocycles. The van der Waals surface area contributed by atoms with E-state index in [2.05, 4.69) is 15.4 Å². The molecule has 1 fully saturated rings. The number of thiazole rings is 1. The first kappa shape index (κ1) is 20.6. The van der Waals surface area contributed by atoms with Gasteiger partial charge in [-0.3, -0.25) is 14.9 Å². The van der Waals surface area contributed by atoms with Crippen LogP contribution in [0.1, 0.15) is 29.7 Å². The highest BCUT2D eigenvalue weighted by Gasteiger charge is 2.37. The Bertz CT molecular complexity index is 1130. The van der Waals surface area contributed by atoms with Crippen LogP contribution in [-0.2, 0) is 25.8 Å². The number of nitrogens with zero attached hydrogens (tertiary/aromatic N) is 3. The summed E-state index contributed by atoms with van der Waals surface area (Å²) in [5.41, 5.74) is 0.967. The van der Waals surface area contributed by atoms with Crippen molar-refractivity contribution < 1.29 is 22.4 Å². The molecule has 0 spiro atoms. The van der Waals surface area contributed by atoms with Gasteiger partial charge in [-0.05, 0) is 24.1 Å². The van der Waals surface area contributed by atoms with Crippen LogP contribution >= 0.6 is 11.3 Å². The van der Waals surface area contributed by atoms with E-state index in [9.17, 15) is 22.4 Å². The van der Waals surface area contributed by atoms with Crippen LogP contribution in [0.15, 0.2) is 35.6 Å². The van der Waals surface area contributed by atoms with Crippen molar-refractivity contribution in [2.75, 3.05) is 16.8 Å². The quantitative estimate of drug-likeness (QED) is 0.749. The fourth-order valence-corrected chi connectivity index (χ4v) is 5.99. The summed E-state index contributed by atoms with van der Waals surface area (Å²) in [5.74, 6) is -1.17. The Kier molecular flexibility index (Phi) is 5.65. The maximum Gasteiger partial charge on any atom is 0.273 e. The lowest BCUT2D eigenvalue weighted by molar-refractivity contribution is -0.133. The molecule has 2 aliphatic rings. The van der Waals surface area contributed by atoms with Crippen LogP contribution in [0.25, 0.3) is 0 Å². The van der Waals surface area contributed by atoms with E-state index in [1.165, 1.54) is 23.5 Å². The summed E-state index contributed by atoms with van der Waals surface area (Å²) >= 11 is 1.27. The largest absolute Gasteiger partial charge is 0.297 e. The molecular weight excluding hydrogens is 431 g/mol. The lowest BCUT2D eigenvalue weighted by Crippen LogP contribution is -2.42. The number of carbonyl (C=O) groups excluding carboxylic acids is 2. The number of hydrazone groups is 1. The topological polar surface area (TPSA) is 109 Å². The van der Waals surface area contributed by atoms with E-state index in [1.54, 1.807) is 12.3 Å². The molecule has 11 heteroatoms. The van der Waals surface area contributed by atoms with E-state index >= 15 is 0 Å². The van der Waals surface area contributed by atoms with Gasteiger partial charge in [-0.2, -0.15) is 5.10 Å². The number of nitrogens with one attached hydrogen (secondary N) is 1. The number of benzene rings is 1. The smallest absolute Gasteiger partial charge is 0.273 e. The van der Waals surface area contributed by atoms with Gasteiger partial charge in [0.2, 0.25) is 5.91 Å². The zero-order chi connectivity index (χ0) is 21.3. The van der Waals surface area contributed by atoms with Crippen molar-refractivity contribution in [1.29, 1.82) is 0 Å². The summed E-state index contributed by atoms with van der Waals surface area (Å²) in [5, 5.41) is 8.36. The number of carbonyl (C=O) groups is 2. The molecule has 1 saturated heterocycles. The molecule has 2 amide bonds. The van der Waals surface area contributed by atoms with Gasteiger partial charge in [0, 0.05) is 30.3 Å². The second-order valence-corrected chi connectivity index (χ2v) is 10.6. The van der Waals surface area contributed by atoms with Gasteiger partial charge in [0.1, 0.15) is 11.5 Å². The third-order valence-corrected chi connectivity index (χ3v) is 7.58. The van der Waals surface area contributed by atoms with E-state index in [-0.39, 0.29) is 41.8 Å². The number of aromatic nitrogens is 1. The van der Waals surface area contributed by atoms with Gasteiger partial charge in [0.25, 0.3) is 5.91 Å². The molecule has 1 atom stereocenters. The molecule has 4 rings (SSSR count). The minimum absolute atomic E-state index is 0.0195. The van der Waals surface area contributed by atoms with Crippen molar-refractivity contribution in [3.63, 3.8) is 0 Å². The Hall–Kier alpha value is -2.66. The van der Waals surface area contributed by atoms with Crippen LogP contribution in [0, 0.1) is 5.82 Å². The molecule has 1 aromatic carbocycles. The molecule has 30 heavy (non-hydrogen) atoms. The summed E-state index contributed by atoms with van der Waals surface area (Å²) in [6.45, 7) is 0. The number of halogens is 1. The zero-order valence-electron chi connectivity index (χ0n) is 15.9. The van der Waals surface area contributed by atoms with Crippen molar-refractivity contribution in [3.05, 3.63) is 46.7 Å². The third-order valence-electron chi connectivity index (χ3n) is 4.92. The fourth-order valence-electron chi connectivity index (χ4n) is 3.45. The minimum Gasteiger partial charge on any atom is -0.297 e. The SMILES string of the molecule is O=C(Nc1ncc(Cc2cccc(F)c2)s1)C1=NN(C2CCS(=O)(=O)C2)C(=O)CC1. The number of anilines is 1. The van der Waals surface area contributed by atoms with Gasteiger partial charge < -0.3 is 0 Å². The molecule has 3 heterocycles. The molecule has 8 nitrogen and oxygen atoms in total. The first-order chi connectivity index (χ1) is 14.3. The first-order valence-electron chi connectivity index (χ1n) is 9.39. The van der Waals surface area contributed by atoms with Crippen LogP contribution in [0.5, 0.6) is 0 Å². The standard InChI is InChI=1S/C19H19FN4O4S2/c20-13-3-1-2-12(8-13)9-15-10-21-19(29-15)22-18(26)16-4-5-17(25)24(23-16)14-6-7-30(27,28)11-14/h1-3,8,10,14H,4-7,9,11H2,(H,21,22,26). The van der Waals surface area contributed by atoms with Crippen LogP contribution in [-0.4, -0.2) is 53.5 Å². The maximum atomic E-state index is 13.3.